The Balaban J connectivity index is 2.41. The van der Waals surface area contributed by atoms with Gasteiger partial charge in [-0.1, -0.05) is 19.9 Å². The number of hydrogen-bond acceptors (Lipinski definition) is 1. The Morgan fingerprint density at radius 1 is 1.33 bits per heavy atom. The van der Waals surface area contributed by atoms with Crippen molar-refractivity contribution in [3.05, 3.63) is 29.3 Å². The standard InChI is InChI=1S/C11H14O/c1-3-9-7(2)11-6-8(12)4-5-10(9)11/h4-7,9,12H,3H2,1-2H3. The lowest BCUT2D eigenvalue weighted by molar-refractivity contribution is 0.455. The molecule has 0 heterocycles. The molecular weight excluding hydrogens is 148 g/mol. The van der Waals surface area contributed by atoms with E-state index in [9.17, 15) is 5.11 Å². The maximum Gasteiger partial charge on any atom is 0.115 e. The second kappa shape index (κ2) is 2.51. The van der Waals surface area contributed by atoms with E-state index in [-0.39, 0.29) is 0 Å². The SMILES string of the molecule is CCC1c2ccc(O)cc2C1C. The molecule has 1 aromatic carbocycles. The van der Waals surface area contributed by atoms with Crippen molar-refractivity contribution in [3.8, 4) is 5.75 Å². The van der Waals surface area contributed by atoms with Gasteiger partial charge in [-0.2, -0.15) is 0 Å². The summed E-state index contributed by atoms with van der Waals surface area (Å²) in [4.78, 5) is 0. The first-order valence-electron chi connectivity index (χ1n) is 4.57. The van der Waals surface area contributed by atoms with Gasteiger partial charge in [-0.25, -0.2) is 0 Å². The minimum Gasteiger partial charge on any atom is -0.508 e. The Kier molecular flexibility index (Phi) is 1.60. The Morgan fingerprint density at radius 2 is 2.08 bits per heavy atom. The molecule has 12 heavy (non-hydrogen) atoms. The lowest BCUT2D eigenvalue weighted by Crippen LogP contribution is -2.20. The Labute approximate surface area is 73.0 Å². The summed E-state index contributed by atoms with van der Waals surface area (Å²) < 4.78 is 0. The summed E-state index contributed by atoms with van der Waals surface area (Å²) in [5.41, 5.74) is 2.77. The van der Waals surface area contributed by atoms with Crippen molar-refractivity contribution >= 4 is 0 Å². The zero-order chi connectivity index (χ0) is 8.72. The fourth-order valence-corrected chi connectivity index (χ4v) is 2.26. The molecule has 2 atom stereocenters. The number of hydrogen-bond donors (Lipinski definition) is 1. The minimum atomic E-state index is 0.398. The summed E-state index contributed by atoms with van der Waals surface area (Å²) in [7, 11) is 0. The molecule has 0 aromatic heterocycles. The predicted molar refractivity (Wildman–Crippen MR) is 49.6 cm³/mol. The van der Waals surface area contributed by atoms with Gasteiger partial charge in [0, 0.05) is 0 Å². The summed E-state index contributed by atoms with van der Waals surface area (Å²) >= 11 is 0. The van der Waals surface area contributed by atoms with Gasteiger partial charge < -0.3 is 5.11 Å². The van der Waals surface area contributed by atoms with Gasteiger partial charge in [-0.3, -0.25) is 0 Å². The van der Waals surface area contributed by atoms with Crippen LogP contribution in [0, 0.1) is 0 Å². The van der Waals surface area contributed by atoms with Crippen LogP contribution in [0.4, 0.5) is 0 Å². The molecule has 0 aliphatic heterocycles. The number of rotatable bonds is 1. The van der Waals surface area contributed by atoms with Crippen molar-refractivity contribution in [1.82, 2.24) is 0 Å². The van der Waals surface area contributed by atoms with Crippen molar-refractivity contribution in [3.63, 3.8) is 0 Å². The maximum atomic E-state index is 9.25. The number of phenolic OH excluding ortho intramolecular Hbond substituents is 1. The highest BCUT2D eigenvalue weighted by molar-refractivity contribution is 5.47. The number of phenols is 1. The van der Waals surface area contributed by atoms with Gasteiger partial charge >= 0.3 is 0 Å². The molecule has 1 nitrogen and oxygen atoms in total. The van der Waals surface area contributed by atoms with Crippen LogP contribution >= 0.6 is 0 Å². The first-order chi connectivity index (χ1) is 5.74. The highest BCUT2D eigenvalue weighted by atomic mass is 16.3. The molecule has 0 amide bonds. The minimum absolute atomic E-state index is 0.398. The molecule has 0 bridgehead atoms. The summed E-state index contributed by atoms with van der Waals surface area (Å²) in [6, 6.07) is 5.73. The number of fused-ring (bicyclic) bond motifs is 1. The van der Waals surface area contributed by atoms with Crippen LogP contribution in [0.3, 0.4) is 0 Å². The third-order valence-electron chi connectivity index (χ3n) is 3.00. The Bertz CT molecular complexity index is 304. The van der Waals surface area contributed by atoms with Crippen LogP contribution < -0.4 is 0 Å². The zero-order valence-electron chi connectivity index (χ0n) is 7.54. The van der Waals surface area contributed by atoms with E-state index in [4.69, 9.17) is 0 Å². The van der Waals surface area contributed by atoms with Crippen molar-refractivity contribution in [2.24, 2.45) is 0 Å². The summed E-state index contributed by atoms with van der Waals surface area (Å²) in [5.74, 6) is 1.76. The highest BCUT2D eigenvalue weighted by Gasteiger charge is 2.32. The average molecular weight is 162 g/mol. The summed E-state index contributed by atoms with van der Waals surface area (Å²) in [6.45, 7) is 4.45. The van der Waals surface area contributed by atoms with Crippen LogP contribution in [-0.2, 0) is 0 Å². The first-order valence-corrected chi connectivity index (χ1v) is 4.57. The van der Waals surface area contributed by atoms with Crippen molar-refractivity contribution in [2.75, 3.05) is 0 Å². The van der Waals surface area contributed by atoms with Gasteiger partial charge in [0.25, 0.3) is 0 Å². The monoisotopic (exact) mass is 162 g/mol. The molecule has 0 saturated carbocycles. The third kappa shape index (κ3) is 0.857. The van der Waals surface area contributed by atoms with Crippen molar-refractivity contribution in [2.45, 2.75) is 32.1 Å². The molecule has 2 rings (SSSR count). The predicted octanol–water partition coefficient (Wildman–Crippen LogP) is 3.00. The zero-order valence-corrected chi connectivity index (χ0v) is 7.54. The highest BCUT2D eigenvalue weighted by Crippen LogP contribution is 2.48. The maximum absolute atomic E-state index is 9.25. The third-order valence-corrected chi connectivity index (χ3v) is 3.00. The fourth-order valence-electron chi connectivity index (χ4n) is 2.26. The van der Waals surface area contributed by atoms with E-state index in [1.165, 1.54) is 17.5 Å². The molecule has 2 unspecified atom stereocenters. The molecule has 1 N–H and O–H groups in total. The van der Waals surface area contributed by atoms with Crippen LogP contribution in [0.15, 0.2) is 18.2 Å². The Hall–Kier alpha value is -0.980. The quantitative estimate of drug-likeness (QED) is 0.673. The normalized spacial score (nSPS) is 26.2. The number of benzene rings is 1. The van der Waals surface area contributed by atoms with Gasteiger partial charge in [-0.05, 0) is 41.5 Å². The molecule has 1 aromatic rings. The van der Waals surface area contributed by atoms with Crippen LogP contribution in [-0.4, -0.2) is 5.11 Å². The molecule has 0 spiro atoms. The lowest BCUT2D eigenvalue weighted by atomic mass is 9.68. The molecule has 64 valence electrons. The van der Waals surface area contributed by atoms with E-state index < -0.39 is 0 Å². The number of aromatic hydroxyl groups is 1. The van der Waals surface area contributed by atoms with Crippen LogP contribution in [0.2, 0.25) is 0 Å². The molecule has 0 radical (unpaired) electrons. The van der Waals surface area contributed by atoms with Gasteiger partial charge in [0.2, 0.25) is 0 Å². The molecular formula is C11H14O. The van der Waals surface area contributed by atoms with E-state index in [1.54, 1.807) is 6.07 Å². The van der Waals surface area contributed by atoms with E-state index in [1.807, 2.05) is 6.07 Å². The second-order valence-electron chi connectivity index (χ2n) is 3.62. The van der Waals surface area contributed by atoms with E-state index in [2.05, 4.69) is 19.9 Å². The summed E-state index contributed by atoms with van der Waals surface area (Å²) in [6.07, 6.45) is 1.21. The molecule has 0 saturated heterocycles. The van der Waals surface area contributed by atoms with Crippen molar-refractivity contribution < 1.29 is 5.11 Å². The molecule has 0 fully saturated rings. The molecule has 1 aliphatic carbocycles. The van der Waals surface area contributed by atoms with E-state index >= 15 is 0 Å². The average Bonchev–Trinajstić information content (AvgIpc) is 2.07. The Morgan fingerprint density at radius 3 is 2.75 bits per heavy atom. The smallest absolute Gasteiger partial charge is 0.115 e. The van der Waals surface area contributed by atoms with Gasteiger partial charge in [0.15, 0.2) is 0 Å². The first kappa shape index (κ1) is 7.66. The van der Waals surface area contributed by atoms with Gasteiger partial charge in [0.05, 0.1) is 0 Å². The molecule has 1 aliphatic rings. The van der Waals surface area contributed by atoms with Crippen LogP contribution in [0.1, 0.15) is 43.2 Å². The summed E-state index contributed by atoms with van der Waals surface area (Å²) in [5, 5.41) is 9.25. The van der Waals surface area contributed by atoms with Crippen molar-refractivity contribution in [1.29, 1.82) is 0 Å². The largest absolute Gasteiger partial charge is 0.508 e. The lowest BCUT2D eigenvalue weighted by Gasteiger charge is -2.37. The van der Waals surface area contributed by atoms with Gasteiger partial charge in [-0.15, -0.1) is 0 Å². The van der Waals surface area contributed by atoms with Crippen LogP contribution in [0.5, 0.6) is 5.75 Å². The topological polar surface area (TPSA) is 20.2 Å². The second-order valence-corrected chi connectivity index (χ2v) is 3.62. The molecule has 1 heteroatoms. The fraction of sp³-hybridized carbons (Fsp3) is 0.455. The van der Waals surface area contributed by atoms with Crippen LogP contribution in [0.25, 0.3) is 0 Å². The van der Waals surface area contributed by atoms with E-state index in [0.717, 1.165) is 5.92 Å². The van der Waals surface area contributed by atoms with E-state index in [0.29, 0.717) is 11.7 Å². The van der Waals surface area contributed by atoms with Gasteiger partial charge in [0.1, 0.15) is 5.75 Å².